The molecule has 0 bridgehead atoms. The van der Waals surface area contributed by atoms with E-state index in [1.807, 2.05) is 25.1 Å². The van der Waals surface area contributed by atoms with Crippen molar-refractivity contribution in [3.05, 3.63) is 50.1 Å². The van der Waals surface area contributed by atoms with Gasteiger partial charge in [0.25, 0.3) is 5.91 Å². The Morgan fingerprint density at radius 3 is 2.68 bits per heavy atom. The number of thiophene rings is 1. The van der Waals surface area contributed by atoms with E-state index in [0.717, 1.165) is 14.9 Å². The molecule has 1 aromatic heterocycles. The smallest absolute Gasteiger partial charge is 0.264 e. The minimum Gasteiger partial charge on any atom is -0.508 e. The van der Waals surface area contributed by atoms with Gasteiger partial charge in [-0.15, -0.1) is 11.3 Å². The fraction of sp³-hybridized carbons (Fsp3) is 0.214. The molecule has 1 aromatic carbocycles. The zero-order chi connectivity index (χ0) is 14.0. The van der Waals surface area contributed by atoms with Crippen molar-refractivity contribution in [2.75, 3.05) is 7.05 Å². The van der Waals surface area contributed by atoms with Crippen molar-refractivity contribution in [3.8, 4) is 5.75 Å². The van der Waals surface area contributed by atoms with E-state index in [1.54, 1.807) is 24.1 Å². The molecule has 0 fully saturated rings. The van der Waals surface area contributed by atoms with Crippen LogP contribution in [0.3, 0.4) is 0 Å². The van der Waals surface area contributed by atoms with E-state index >= 15 is 0 Å². The van der Waals surface area contributed by atoms with Gasteiger partial charge in [-0.05, 0) is 40.5 Å². The van der Waals surface area contributed by atoms with Gasteiger partial charge in [-0.1, -0.05) is 18.2 Å². The number of rotatable bonds is 3. The molecule has 2 rings (SSSR count). The van der Waals surface area contributed by atoms with Crippen LogP contribution in [0.15, 0.2) is 34.1 Å². The molecule has 5 heteroatoms. The van der Waals surface area contributed by atoms with E-state index in [9.17, 15) is 9.90 Å². The van der Waals surface area contributed by atoms with Crippen molar-refractivity contribution in [3.63, 3.8) is 0 Å². The molecule has 19 heavy (non-hydrogen) atoms. The number of benzene rings is 1. The van der Waals surface area contributed by atoms with Crippen molar-refractivity contribution >= 4 is 33.2 Å². The third-order valence-corrected chi connectivity index (χ3v) is 4.94. The highest BCUT2D eigenvalue weighted by Crippen LogP contribution is 2.28. The van der Waals surface area contributed by atoms with E-state index < -0.39 is 0 Å². The number of carbonyl (C=O) groups is 1. The van der Waals surface area contributed by atoms with Gasteiger partial charge < -0.3 is 10.0 Å². The summed E-state index contributed by atoms with van der Waals surface area (Å²) >= 11 is 4.85. The lowest BCUT2D eigenvalue weighted by atomic mass is 10.2. The number of carbonyl (C=O) groups excluding carboxylic acids is 1. The molecular weight excluding hydrogens is 326 g/mol. The van der Waals surface area contributed by atoms with Crippen molar-refractivity contribution in [1.82, 2.24) is 4.90 Å². The standard InChI is InChI=1S/C14H14BrNO2S/c1-9-7-12(19-13(9)15)14(18)16(2)8-10-5-3-4-6-11(10)17/h3-7,17H,8H2,1-2H3. The fourth-order valence-corrected chi connectivity index (χ4v) is 3.25. The van der Waals surface area contributed by atoms with Crippen molar-refractivity contribution in [2.24, 2.45) is 0 Å². The molecule has 0 saturated carbocycles. The maximum Gasteiger partial charge on any atom is 0.264 e. The van der Waals surface area contributed by atoms with Gasteiger partial charge >= 0.3 is 0 Å². The van der Waals surface area contributed by atoms with Gasteiger partial charge in [0.15, 0.2) is 0 Å². The Bertz CT molecular complexity index is 590. The molecule has 0 spiro atoms. The first-order chi connectivity index (χ1) is 8.99. The first-order valence-corrected chi connectivity index (χ1v) is 7.38. The number of hydrogen-bond acceptors (Lipinski definition) is 3. The van der Waals surface area contributed by atoms with Crippen LogP contribution in [0.2, 0.25) is 0 Å². The Labute approximate surface area is 124 Å². The Kier molecular flexibility index (Phi) is 4.27. The number of aromatic hydroxyl groups is 1. The van der Waals surface area contributed by atoms with Crippen LogP contribution in [-0.4, -0.2) is 23.0 Å². The van der Waals surface area contributed by atoms with E-state index in [2.05, 4.69) is 15.9 Å². The van der Waals surface area contributed by atoms with Crippen LogP contribution < -0.4 is 0 Å². The topological polar surface area (TPSA) is 40.5 Å². The van der Waals surface area contributed by atoms with E-state index in [-0.39, 0.29) is 11.7 Å². The van der Waals surface area contributed by atoms with Crippen LogP contribution in [0.1, 0.15) is 20.8 Å². The van der Waals surface area contributed by atoms with Crippen molar-refractivity contribution in [1.29, 1.82) is 0 Å². The second kappa shape index (κ2) is 5.75. The van der Waals surface area contributed by atoms with Crippen LogP contribution in [0.5, 0.6) is 5.75 Å². The van der Waals surface area contributed by atoms with E-state index in [1.165, 1.54) is 11.3 Å². The first-order valence-electron chi connectivity index (χ1n) is 5.77. The van der Waals surface area contributed by atoms with Crippen LogP contribution >= 0.6 is 27.3 Å². The molecule has 0 saturated heterocycles. The molecule has 1 N–H and O–H groups in total. The highest BCUT2D eigenvalue weighted by atomic mass is 79.9. The van der Waals surface area contributed by atoms with Gasteiger partial charge in [0, 0.05) is 19.2 Å². The van der Waals surface area contributed by atoms with E-state index in [4.69, 9.17) is 0 Å². The summed E-state index contributed by atoms with van der Waals surface area (Å²) in [7, 11) is 1.73. The van der Waals surface area contributed by atoms with Crippen LogP contribution in [0.25, 0.3) is 0 Å². The third-order valence-electron chi connectivity index (χ3n) is 2.81. The molecule has 2 aromatic rings. The monoisotopic (exact) mass is 339 g/mol. The van der Waals surface area contributed by atoms with Gasteiger partial charge in [-0.3, -0.25) is 4.79 Å². The van der Waals surface area contributed by atoms with Gasteiger partial charge in [-0.2, -0.15) is 0 Å². The van der Waals surface area contributed by atoms with Crippen molar-refractivity contribution < 1.29 is 9.90 Å². The quantitative estimate of drug-likeness (QED) is 0.923. The van der Waals surface area contributed by atoms with Gasteiger partial charge in [-0.25, -0.2) is 0 Å². The largest absolute Gasteiger partial charge is 0.508 e. The summed E-state index contributed by atoms with van der Waals surface area (Å²) < 4.78 is 0.979. The number of phenolic OH excluding ortho intramolecular Hbond substituents is 1. The molecule has 0 aliphatic rings. The van der Waals surface area contributed by atoms with Gasteiger partial charge in [0.2, 0.25) is 0 Å². The van der Waals surface area contributed by atoms with Crippen molar-refractivity contribution in [2.45, 2.75) is 13.5 Å². The molecule has 0 radical (unpaired) electrons. The lowest BCUT2D eigenvalue weighted by Crippen LogP contribution is -2.25. The minimum absolute atomic E-state index is 0.0398. The second-order valence-electron chi connectivity index (χ2n) is 4.36. The average molecular weight is 340 g/mol. The van der Waals surface area contributed by atoms with E-state index in [0.29, 0.717) is 11.4 Å². The first kappa shape index (κ1) is 14.1. The zero-order valence-corrected chi connectivity index (χ0v) is 13.1. The normalized spacial score (nSPS) is 10.5. The molecule has 1 amide bonds. The third kappa shape index (κ3) is 3.16. The number of para-hydroxylation sites is 1. The fourth-order valence-electron chi connectivity index (χ4n) is 1.73. The molecule has 3 nitrogen and oxygen atoms in total. The average Bonchev–Trinajstić information content (AvgIpc) is 2.71. The Balaban J connectivity index is 2.14. The summed E-state index contributed by atoms with van der Waals surface area (Å²) in [5, 5.41) is 9.72. The number of aryl methyl sites for hydroxylation is 1. The molecule has 0 unspecified atom stereocenters. The molecule has 0 aliphatic heterocycles. The second-order valence-corrected chi connectivity index (χ2v) is 6.73. The summed E-state index contributed by atoms with van der Waals surface area (Å²) in [5.74, 6) is 0.174. The summed E-state index contributed by atoms with van der Waals surface area (Å²) in [5.41, 5.74) is 1.80. The maximum atomic E-state index is 12.3. The zero-order valence-electron chi connectivity index (χ0n) is 10.7. The Morgan fingerprint density at radius 1 is 1.42 bits per heavy atom. The lowest BCUT2D eigenvalue weighted by Gasteiger charge is -2.16. The Hall–Kier alpha value is -1.33. The number of nitrogens with zero attached hydrogens (tertiary/aromatic N) is 1. The van der Waals surface area contributed by atoms with Gasteiger partial charge in [0.05, 0.1) is 8.66 Å². The molecular formula is C14H14BrNO2S. The number of hydrogen-bond donors (Lipinski definition) is 1. The SMILES string of the molecule is Cc1cc(C(=O)N(C)Cc2ccccc2O)sc1Br. The number of halogens is 1. The van der Waals surface area contributed by atoms with Gasteiger partial charge in [0.1, 0.15) is 5.75 Å². The maximum absolute atomic E-state index is 12.3. The highest BCUT2D eigenvalue weighted by molar-refractivity contribution is 9.11. The Morgan fingerprint density at radius 2 is 2.11 bits per heavy atom. The summed E-state index contributed by atoms with van der Waals surface area (Å²) in [6.07, 6.45) is 0. The molecule has 1 heterocycles. The molecule has 0 aliphatic carbocycles. The summed E-state index contributed by atoms with van der Waals surface area (Å²) in [4.78, 5) is 14.6. The number of phenols is 1. The predicted octanol–water partition coefficient (Wildman–Crippen LogP) is 3.80. The summed E-state index contributed by atoms with van der Waals surface area (Å²) in [6, 6.07) is 8.92. The summed E-state index contributed by atoms with van der Waals surface area (Å²) in [6.45, 7) is 2.35. The van der Waals surface area contributed by atoms with Crippen LogP contribution in [0.4, 0.5) is 0 Å². The molecule has 0 atom stereocenters. The van der Waals surface area contributed by atoms with Crippen LogP contribution in [-0.2, 0) is 6.54 Å². The molecule has 100 valence electrons. The highest BCUT2D eigenvalue weighted by Gasteiger charge is 2.16. The van der Waals surface area contributed by atoms with Crippen LogP contribution in [0, 0.1) is 6.92 Å². The minimum atomic E-state index is -0.0398. The lowest BCUT2D eigenvalue weighted by molar-refractivity contribution is 0.0789. The predicted molar refractivity (Wildman–Crippen MR) is 80.7 cm³/mol. The number of amides is 1.